The lowest BCUT2D eigenvalue weighted by molar-refractivity contribution is 0.310. The zero-order valence-corrected chi connectivity index (χ0v) is 10.4. The monoisotopic (exact) mass is 240 g/mol. The molecule has 18 heavy (non-hydrogen) atoms. The third-order valence-electron chi connectivity index (χ3n) is 3.39. The van der Waals surface area contributed by atoms with E-state index in [1.54, 1.807) is 0 Å². The van der Waals surface area contributed by atoms with Crippen molar-refractivity contribution < 1.29 is 4.74 Å². The summed E-state index contributed by atoms with van der Waals surface area (Å²) in [4.78, 5) is 4.16. The molecule has 0 bridgehead atoms. The highest BCUT2D eigenvalue weighted by Gasteiger charge is 2.22. The van der Waals surface area contributed by atoms with Crippen LogP contribution in [0.25, 0.3) is 0 Å². The Bertz CT molecular complexity index is 554. The highest BCUT2D eigenvalue weighted by Crippen LogP contribution is 2.31. The fourth-order valence-corrected chi connectivity index (χ4v) is 2.25. The Hall–Kier alpha value is -1.87. The van der Waals surface area contributed by atoms with Crippen LogP contribution in [0.4, 0.5) is 0 Å². The first-order valence-electron chi connectivity index (χ1n) is 6.19. The molecule has 1 unspecified atom stereocenters. The smallest absolute Gasteiger partial charge is 0.124 e. The molecular weight excluding hydrogens is 224 g/mol. The molecular formula is C15H16N2O. The molecule has 0 saturated heterocycles. The van der Waals surface area contributed by atoms with Crippen molar-refractivity contribution in [2.45, 2.75) is 19.5 Å². The standard InChI is InChI=1S/C15H16N2O/c1-11-6-7-16-8-12(11)9-17-14-10-18-15-5-3-2-4-13(14)15/h2-8,14,17H,9-10H2,1H3. The summed E-state index contributed by atoms with van der Waals surface area (Å²) in [7, 11) is 0. The molecule has 0 saturated carbocycles. The first-order chi connectivity index (χ1) is 8.84. The van der Waals surface area contributed by atoms with Crippen LogP contribution in [0.15, 0.2) is 42.7 Å². The van der Waals surface area contributed by atoms with Gasteiger partial charge in [0, 0.05) is 24.5 Å². The van der Waals surface area contributed by atoms with Gasteiger partial charge in [-0.3, -0.25) is 4.98 Å². The molecule has 0 fully saturated rings. The zero-order valence-electron chi connectivity index (χ0n) is 10.4. The van der Waals surface area contributed by atoms with Crippen molar-refractivity contribution >= 4 is 0 Å². The Kier molecular flexibility index (Phi) is 2.99. The molecule has 3 rings (SSSR count). The highest BCUT2D eigenvalue weighted by atomic mass is 16.5. The van der Waals surface area contributed by atoms with Gasteiger partial charge < -0.3 is 10.1 Å². The van der Waals surface area contributed by atoms with Crippen molar-refractivity contribution in [2.75, 3.05) is 6.61 Å². The Morgan fingerprint density at radius 3 is 3.11 bits per heavy atom. The third-order valence-corrected chi connectivity index (χ3v) is 3.39. The number of fused-ring (bicyclic) bond motifs is 1. The molecule has 1 aromatic heterocycles. The predicted molar refractivity (Wildman–Crippen MR) is 70.5 cm³/mol. The van der Waals surface area contributed by atoms with E-state index in [1.807, 2.05) is 30.6 Å². The fraction of sp³-hybridized carbons (Fsp3) is 0.267. The molecule has 1 aliphatic rings. The van der Waals surface area contributed by atoms with Gasteiger partial charge in [-0.15, -0.1) is 0 Å². The topological polar surface area (TPSA) is 34.2 Å². The van der Waals surface area contributed by atoms with E-state index in [1.165, 1.54) is 16.7 Å². The predicted octanol–water partition coefficient (Wildman–Crippen LogP) is 2.61. The lowest BCUT2D eigenvalue weighted by Gasteiger charge is -2.12. The van der Waals surface area contributed by atoms with Crippen LogP contribution < -0.4 is 10.1 Å². The molecule has 2 aromatic rings. The van der Waals surface area contributed by atoms with Gasteiger partial charge >= 0.3 is 0 Å². The number of rotatable bonds is 3. The van der Waals surface area contributed by atoms with Crippen LogP contribution in [0.3, 0.4) is 0 Å². The van der Waals surface area contributed by atoms with E-state index < -0.39 is 0 Å². The van der Waals surface area contributed by atoms with Gasteiger partial charge in [0.1, 0.15) is 12.4 Å². The average molecular weight is 240 g/mol. The van der Waals surface area contributed by atoms with Gasteiger partial charge in [0.05, 0.1) is 6.04 Å². The van der Waals surface area contributed by atoms with Gasteiger partial charge in [0.15, 0.2) is 0 Å². The van der Waals surface area contributed by atoms with E-state index in [0.717, 1.165) is 12.3 Å². The molecule has 92 valence electrons. The van der Waals surface area contributed by atoms with Crippen LogP contribution in [-0.4, -0.2) is 11.6 Å². The highest BCUT2D eigenvalue weighted by molar-refractivity contribution is 5.39. The van der Waals surface area contributed by atoms with Crippen LogP contribution in [-0.2, 0) is 6.54 Å². The van der Waals surface area contributed by atoms with Crippen molar-refractivity contribution in [1.82, 2.24) is 10.3 Å². The summed E-state index contributed by atoms with van der Waals surface area (Å²) in [6, 6.07) is 10.5. The Labute approximate surface area is 107 Å². The fourth-order valence-electron chi connectivity index (χ4n) is 2.25. The maximum absolute atomic E-state index is 5.65. The first-order valence-corrected chi connectivity index (χ1v) is 6.19. The van der Waals surface area contributed by atoms with E-state index in [9.17, 15) is 0 Å². The number of nitrogens with one attached hydrogen (secondary N) is 1. The number of hydrogen-bond acceptors (Lipinski definition) is 3. The minimum absolute atomic E-state index is 0.279. The van der Waals surface area contributed by atoms with Crippen molar-refractivity contribution in [3.8, 4) is 5.75 Å². The molecule has 3 nitrogen and oxygen atoms in total. The van der Waals surface area contributed by atoms with Crippen molar-refractivity contribution in [2.24, 2.45) is 0 Å². The SMILES string of the molecule is Cc1ccncc1CNC1COc2ccccc21. The van der Waals surface area contributed by atoms with Crippen LogP contribution in [0.1, 0.15) is 22.7 Å². The molecule has 2 heterocycles. The second-order valence-corrected chi connectivity index (χ2v) is 4.58. The Morgan fingerprint density at radius 1 is 1.33 bits per heavy atom. The Morgan fingerprint density at radius 2 is 2.22 bits per heavy atom. The van der Waals surface area contributed by atoms with Crippen molar-refractivity contribution in [3.05, 3.63) is 59.4 Å². The number of aryl methyl sites for hydroxylation is 1. The molecule has 0 aliphatic carbocycles. The number of pyridine rings is 1. The second kappa shape index (κ2) is 4.78. The van der Waals surface area contributed by atoms with Crippen LogP contribution >= 0.6 is 0 Å². The van der Waals surface area contributed by atoms with E-state index in [0.29, 0.717) is 6.61 Å². The van der Waals surface area contributed by atoms with Crippen molar-refractivity contribution in [3.63, 3.8) is 0 Å². The molecule has 0 radical (unpaired) electrons. The summed E-state index contributed by atoms with van der Waals surface area (Å²) >= 11 is 0. The minimum Gasteiger partial charge on any atom is -0.491 e. The number of benzene rings is 1. The molecule has 3 heteroatoms. The molecule has 0 amide bonds. The lowest BCUT2D eigenvalue weighted by atomic mass is 10.1. The molecule has 0 spiro atoms. The van der Waals surface area contributed by atoms with Gasteiger partial charge in [-0.05, 0) is 30.2 Å². The maximum Gasteiger partial charge on any atom is 0.124 e. The lowest BCUT2D eigenvalue weighted by Crippen LogP contribution is -2.22. The second-order valence-electron chi connectivity index (χ2n) is 4.58. The zero-order chi connectivity index (χ0) is 12.4. The van der Waals surface area contributed by atoms with E-state index >= 15 is 0 Å². The van der Waals surface area contributed by atoms with E-state index in [-0.39, 0.29) is 6.04 Å². The number of hydrogen-bond donors (Lipinski definition) is 1. The van der Waals surface area contributed by atoms with Gasteiger partial charge in [-0.25, -0.2) is 0 Å². The number of aromatic nitrogens is 1. The van der Waals surface area contributed by atoms with E-state index in [4.69, 9.17) is 4.74 Å². The summed E-state index contributed by atoms with van der Waals surface area (Å²) in [6.45, 7) is 3.64. The van der Waals surface area contributed by atoms with Gasteiger partial charge in [-0.1, -0.05) is 18.2 Å². The molecule has 1 N–H and O–H groups in total. The largest absolute Gasteiger partial charge is 0.491 e. The van der Waals surface area contributed by atoms with Crippen LogP contribution in [0.2, 0.25) is 0 Å². The van der Waals surface area contributed by atoms with E-state index in [2.05, 4.69) is 29.4 Å². The number of nitrogens with zero attached hydrogens (tertiary/aromatic N) is 1. The van der Waals surface area contributed by atoms with Crippen molar-refractivity contribution in [1.29, 1.82) is 0 Å². The van der Waals surface area contributed by atoms with Crippen LogP contribution in [0.5, 0.6) is 5.75 Å². The maximum atomic E-state index is 5.65. The molecule has 1 aliphatic heterocycles. The third kappa shape index (κ3) is 2.09. The first kappa shape index (κ1) is 11.2. The minimum atomic E-state index is 0.279. The van der Waals surface area contributed by atoms with Gasteiger partial charge in [0.25, 0.3) is 0 Å². The number of ether oxygens (including phenoxy) is 1. The summed E-state index contributed by atoms with van der Waals surface area (Å²) < 4.78 is 5.65. The quantitative estimate of drug-likeness (QED) is 0.895. The van der Waals surface area contributed by atoms with Crippen LogP contribution in [0, 0.1) is 6.92 Å². The van der Waals surface area contributed by atoms with Gasteiger partial charge in [0.2, 0.25) is 0 Å². The van der Waals surface area contributed by atoms with Gasteiger partial charge in [-0.2, -0.15) is 0 Å². The molecule has 1 aromatic carbocycles. The number of para-hydroxylation sites is 1. The normalized spacial score (nSPS) is 17.3. The summed E-state index contributed by atoms with van der Waals surface area (Å²) in [5.74, 6) is 0.998. The summed E-state index contributed by atoms with van der Waals surface area (Å²) in [6.07, 6.45) is 3.75. The molecule has 1 atom stereocenters. The summed E-state index contributed by atoms with van der Waals surface area (Å²) in [5, 5.41) is 3.53. The average Bonchev–Trinajstić information content (AvgIpc) is 2.81. The Balaban J connectivity index is 1.71. The summed E-state index contributed by atoms with van der Waals surface area (Å²) in [5.41, 5.74) is 3.76.